The molecule has 0 aromatic heterocycles. The first-order valence-electron chi connectivity index (χ1n) is 8.99. The molecule has 0 radical (unpaired) electrons. The van der Waals surface area contributed by atoms with Gasteiger partial charge in [0.2, 0.25) is 10.0 Å². The maximum Gasteiger partial charge on any atom is 0.276 e. The van der Waals surface area contributed by atoms with Crippen LogP contribution >= 0.6 is 34.8 Å². The molecule has 30 heavy (non-hydrogen) atoms. The molecule has 1 N–H and O–H groups in total. The number of methoxy groups -OCH3 is 1. The van der Waals surface area contributed by atoms with Crippen molar-refractivity contribution in [2.24, 2.45) is 0 Å². The molecule has 1 fully saturated rings. The second-order valence-electron chi connectivity index (χ2n) is 6.54. The number of carbonyl (C=O) groups is 1. The Morgan fingerprint density at radius 2 is 1.60 bits per heavy atom. The molecule has 0 spiro atoms. The second-order valence-corrected chi connectivity index (χ2v) is 10.8. The SMILES string of the molecule is COc1ccccc1N1CCN(S(=O)(=O)c2ccc(NC(=O)C(Cl)(Cl)Cl)cc2)CC1. The second kappa shape index (κ2) is 9.20. The maximum absolute atomic E-state index is 13.0. The number of hydrogen-bond donors (Lipinski definition) is 1. The number of ether oxygens (including phenoxy) is 1. The molecule has 1 heterocycles. The summed E-state index contributed by atoms with van der Waals surface area (Å²) in [7, 11) is -2.06. The normalized spacial score (nSPS) is 15.7. The van der Waals surface area contributed by atoms with Crippen LogP contribution in [0.4, 0.5) is 11.4 Å². The van der Waals surface area contributed by atoms with Gasteiger partial charge in [-0.15, -0.1) is 0 Å². The Hall–Kier alpha value is -1.71. The van der Waals surface area contributed by atoms with Gasteiger partial charge in [-0.25, -0.2) is 8.42 Å². The van der Waals surface area contributed by atoms with Crippen molar-refractivity contribution in [3.05, 3.63) is 48.5 Å². The number of anilines is 2. The average molecular weight is 493 g/mol. The van der Waals surface area contributed by atoms with Gasteiger partial charge in [-0.3, -0.25) is 4.79 Å². The Kier molecular flexibility index (Phi) is 7.04. The third-order valence-corrected chi connectivity index (χ3v) is 7.10. The molecule has 3 rings (SSSR count). The van der Waals surface area contributed by atoms with Gasteiger partial charge in [0, 0.05) is 31.9 Å². The number of nitrogens with zero attached hydrogens (tertiary/aromatic N) is 2. The van der Waals surface area contributed by atoms with Gasteiger partial charge in [-0.2, -0.15) is 4.31 Å². The molecule has 2 aromatic carbocycles. The van der Waals surface area contributed by atoms with Crippen molar-refractivity contribution in [3.8, 4) is 5.75 Å². The number of amides is 1. The van der Waals surface area contributed by atoms with Crippen LogP contribution in [-0.2, 0) is 14.8 Å². The Balaban J connectivity index is 1.67. The van der Waals surface area contributed by atoms with Crippen molar-refractivity contribution < 1.29 is 17.9 Å². The standard InChI is InChI=1S/C19H20Cl3N3O4S/c1-29-17-5-3-2-4-16(17)24-10-12-25(13-11-24)30(27,28)15-8-6-14(7-9-15)23-18(26)19(20,21)22/h2-9H,10-13H2,1H3,(H,23,26). The van der Waals surface area contributed by atoms with E-state index < -0.39 is 19.7 Å². The number of piperazine rings is 1. The number of benzene rings is 2. The number of alkyl halides is 3. The zero-order valence-electron chi connectivity index (χ0n) is 16.0. The van der Waals surface area contributed by atoms with Gasteiger partial charge < -0.3 is 15.0 Å². The molecule has 7 nitrogen and oxygen atoms in total. The maximum atomic E-state index is 13.0. The van der Waals surface area contributed by atoms with E-state index in [2.05, 4.69) is 10.2 Å². The molecule has 2 aromatic rings. The topological polar surface area (TPSA) is 79.0 Å². The minimum Gasteiger partial charge on any atom is -0.495 e. The third kappa shape index (κ3) is 5.12. The number of rotatable bonds is 5. The molecule has 0 unspecified atom stereocenters. The van der Waals surface area contributed by atoms with Crippen LogP contribution in [0.25, 0.3) is 0 Å². The predicted molar refractivity (Wildman–Crippen MR) is 119 cm³/mol. The fourth-order valence-electron chi connectivity index (χ4n) is 3.12. The molecule has 1 aliphatic rings. The van der Waals surface area contributed by atoms with Crippen molar-refractivity contribution in [2.75, 3.05) is 43.5 Å². The molecule has 1 saturated heterocycles. The molecule has 11 heteroatoms. The summed E-state index contributed by atoms with van der Waals surface area (Å²) in [5, 5.41) is 2.41. The number of para-hydroxylation sites is 2. The minimum atomic E-state index is -3.67. The lowest BCUT2D eigenvalue weighted by Gasteiger charge is -2.35. The summed E-state index contributed by atoms with van der Waals surface area (Å²) in [4.78, 5) is 13.9. The van der Waals surface area contributed by atoms with Crippen LogP contribution in [0.5, 0.6) is 5.75 Å². The van der Waals surface area contributed by atoms with Gasteiger partial charge in [0.25, 0.3) is 9.70 Å². The summed E-state index contributed by atoms with van der Waals surface area (Å²) >= 11 is 16.6. The fourth-order valence-corrected chi connectivity index (χ4v) is 4.69. The van der Waals surface area contributed by atoms with Crippen LogP contribution in [0, 0.1) is 0 Å². The van der Waals surface area contributed by atoms with Crippen molar-refractivity contribution in [3.63, 3.8) is 0 Å². The monoisotopic (exact) mass is 491 g/mol. The molecule has 1 aliphatic heterocycles. The van der Waals surface area contributed by atoms with Crippen LogP contribution in [0.1, 0.15) is 0 Å². The van der Waals surface area contributed by atoms with Gasteiger partial charge >= 0.3 is 0 Å². The largest absolute Gasteiger partial charge is 0.495 e. The highest BCUT2D eigenvalue weighted by atomic mass is 35.6. The lowest BCUT2D eigenvalue weighted by atomic mass is 10.2. The molecule has 0 bridgehead atoms. The van der Waals surface area contributed by atoms with Gasteiger partial charge in [0.15, 0.2) is 0 Å². The molecule has 0 aliphatic carbocycles. The van der Waals surface area contributed by atoms with Crippen molar-refractivity contribution in [1.82, 2.24) is 4.31 Å². The Bertz CT molecular complexity index is 1000. The number of hydrogen-bond acceptors (Lipinski definition) is 5. The van der Waals surface area contributed by atoms with Crippen LogP contribution < -0.4 is 15.0 Å². The molecule has 1 amide bonds. The number of carbonyl (C=O) groups excluding carboxylic acids is 1. The highest BCUT2D eigenvalue weighted by molar-refractivity contribution is 7.89. The zero-order chi connectivity index (χ0) is 21.9. The van der Waals surface area contributed by atoms with Crippen molar-refractivity contribution in [1.29, 1.82) is 0 Å². The van der Waals surface area contributed by atoms with E-state index in [1.807, 2.05) is 24.3 Å². The number of halogens is 3. The summed E-state index contributed by atoms with van der Waals surface area (Å²) < 4.78 is 30.7. The van der Waals surface area contributed by atoms with E-state index in [-0.39, 0.29) is 4.90 Å². The van der Waals surface area contributed by atoms with Crippen LogP contribution in [0.15, 0.2) is 53.4 Å². The quantitative estimate of drug-likeness (QED) is 0.646. The van der Waals surface area contributed by atoms with Crippen molar-refractivity contribution in [2.45, 2.75) is 8.69 Å². The first-order chi connectivity index (χ1) is 14.1. The fraction of sp³-hybridized carbons (Fsp3) is 0.316. The van der Waals surface area contributed by atoms with Crippen molar-refractivity contribution >= 4 is 62.1 Å². The van der Waals surface area contributed by atoms with Gasteiger partial charge in [0.1, 0.15) is 5.75 Å². The van der Waals surface area contributed by atoms with E-state index in [4.69, 9.17) is 39.5 Å². The Morgan fingerprint density at radius 3 is 2.17 bits per heavy atom. The Morgan fingerprint density at radius 1 is 1.00 bits per heavy atom. The summed E-state index contributed by atoms with van der Waals surface area (Å²) in [6.07, 6.45) is 0. The van der Waals surface area contributed by atoms with E-state index in [1.54, 1.807) is 7.11 Å². The van der Waals surface area contributed by atoms with Gasteiger partial charge in [-0.05, 0) is 36.4 Å². The first kappa shape index (κ1) is 23.0. The van der Waals surface area contributed by atoms with Gasteiger partial charge in [0.05, 0.1) is 17.7 Å². The number of nitrogens with one attached hydrogen (secondary N) is 1. The van der Waals surface area contributed by atoms with Crippen LogP contribution in [0.2, 0.25) is 0 Å². The van der Waals surface area contributed by atoms with E-state index in [0.717, 1.165) is 11.4 Å². The summed E-state index contributed by atoms with van der Waals surface area (Å²) in [6, 6.07) is 13.4. The van der Waals surface area contributed by atoms with Gasteiger partial charge in [-0.1, -0.05) is 46.9 Å². The molecular weight excluding hydrogens is 473 g/mol. The van der Waals surface area contributed by atoms with E-state index in [1.165, 1.54) is 28.6 Å². The molecule has 162 valence electrons. The average Bonchev–Trinajstić information content (AvgIpc) is 2.73. The highest BCUT2D eigenvalue weighted by Gasteiger charge is 2.31. The van der Waals surface area contributed by atoms with E-state index >= 15 is 0 Å². The lowest BCUT2D eigenvalue weighted by Crippen LogP contribution is -2.48. The summed E-state index contributed by atoms with van der Waals surface area (Å²) in [6.45, 7) is 1.76. The lowest BCUT2D eigenvalue weighted by molar-refractivity contribution is -0.115. The van der Waals surface area contributed by atoms with Crippen LogP contribution in [0.3, 0.4) is 0 Å². The molecular formula is C19H20Cl3N3O4S. The first-order valence-corrected chi connectivity index (χ1v) is 11.6. The summed E-state index contributed by atoms with van der Waals surface area (Å²) in [5.74, 6) is -0.0723. The van der Waals surface area contributed by atoms with Crippen LogP contribution in [-0.4, -0.2) is 55.7 Å². The highest BCUT2D eigenvalue weighted by Crippen LogP contribution is 2.30. The number of sulfonamides is 1. The molecule has 0 atom stereocenters. The molecule has 0 saturated carbocycles. The third-order valence-electron chi connectivity index (χ3n) is 4.67. The minimum absolute atomic E-state index is 0.125. The van der Waals surface area contributed by atoms with E-state index in [9.17, 15) is 13.2 Å². The summed E-state index contributed by atoms with van der Waals surface area (Å²) in [5.41, 5.74) is 1.26. The smallest absolute Gasteiger partial charge is 0.276 e. The van der Waals surface area contributed by atoms with E-state index in [0.29, 0.717) is 31.9 Å². The predicted octanol–water partition coefficient (Wildman–Crippen LogP) is 3.51. The Labute approximate surface area is 190 Å². The zero-order valence-corrected chi connectivity index (χ0v) is 19.1.